The van der Waals surface area contributed by atoms with Gasteiger partial charge in [0, 0.05) is 11.4 Å². The molecule has 186 valence electrons. The lowest BCUT2D eigenvalue weighted by Gasteiger charge is -2.18. The molecule has 0 aliphatic heterocycles. The van der Waals surface area contributed by atoms with Crippen LogP contribution in [-0.4, -0.2) is 28.1 Å². The summed E-state index contributed by atoms with van der Waals surface area (Å²) in [4.78, 5) is 12.5. The van der Waals surface area contributed by atoms with Gasteiger partial charge in [0.1, 0.15) is 10.8 Å². The summed E-state index contributed by atoms with van der Waals surface area (Å²) in [5.74, 6) is 0.435. The van der Waals surface area contributed by atoms with Gasteiger partial charge in [0.15, 0.2) is 0 Å². The van der Waals surface area contributed by atoms with Gasteiger partial charge >= 0.3 is 6.03 Å². The number of sulfonamides is 1. The molecule has 1 unspecified atom stereocenters. The van der Waals surface area contributed by atoms with Gasteiger partial charge in [0.2, 0.25) is 0 Å². The molecule has 11 heteroatoms. The number of ether oxygens (including phenoxy) is 1. The Bertz CT molecular complexity index is 1280. The molecule has 8 nitrogen and oxygen atoms in total. The fourth-order valence-electron chi connectivity index (χ4n) is 3.32. The summed E-state index contributed by atoms with van der Waals surface area (Å²) in [7, 11) is -2.31. The van der Waals surface area contributed by atoms with Crippen molar-refractivity contribution in [2.24, 2.45) is 5.73 Å². The van der Waals surface area contributed by atoms with Gasteiger partial charge in [-0.05, 0) is 73.5 Å². The van der Waals surface area contributed by atoms with Gasteiger partial charge in [-0.2, -0.15) is 0 Å². The van der Waals surface area contributed by atoms with Gasteiger partial charge in [-0.1, -0.05) is 41.4 Å². The lowest BCUT2D eigenvalue weighted by Crippen LogP contribution is -2.31. The van der Waals surface area contributed by atoms with E-state index in [-0.39, 0.29) is 14.9 Å². The Kier molecular flexibility index (Phi) is 8.85. The van der Waals surface area contributed by atoms with Crippen molar-refractivity contribution in [3.8, 4) is 5.75 Å². The van der Waals surface area contributed by atoms with Crippen LogP contribution in [0.1, 0.15) is 24.1 Å². The number of halogens is 2. The van der Waals surface area contributed by atoms with Crippen LogP contribution < -0.4 is 25.8 Å². The van der Waals surface area contributed by atoms with Crippen LogP contribution in [0.2, 0.25) is 10.0 Å². The first kappa shape index (κ1) is 26.6. The largest absolute Gasteiger partial charge is 0.495 e. The van der Waals surface area contributed by atoms with Gasteiger partial charge in [0.05, 0.1) is 23.1 Å². The average molecular weight is 537 g/mol. The molecule has 0 spiro atoms. The van der Waals surface area contributed by atoms with Crippen molar-refractivity contribution in [2.75, 3.05) is 23.7 Å². The monoisotopic (exact) mass is 536 g/mol. The molecule has 3 rings (SSSR count). The summed E-state index contributed by atoms with van der Waals surface area (Å²) in [6.45, 7) is 2.28. The summed E-state index contributed by atoms with van der Waals surface area (Å²) in [6, 6.07) is 15.3. The van der Waals surface area contributed by atoms with E-state index in [9.17, 15) is 13.2 Å². The number of amides is 2. The third kappa shape index (κ3) is 6.79. The number of nitrogens with two attached hydrogens (primary N) is 1. The van der Waals surface area contributed by atoms with Crippen LogP contribution in [0.5, 0.6) is 5.75 Å². The summed E-state index contributed by atoms with van der Waals surface area (Å²) >= 11 is 12.5. The van der Waals surface area contributed by atoms with E-state index in [0.29, 0.717) is 35.7 Å². The van der Waals surface area contributed by atoms with Crippen LogP contribution in [0.25, 0.3) is 0 Å². The molecular weight excluding hydrogens is 511 g/mol. The van der Waals surface area contributed by atoms with Gasteiger partial charge in [-0.3, -0.25) is 4.72 Å². The van der Waals surface area contributed by atoms with Crippen molar-refractivity contribution in [1.82, 2.24) is 5.32 Å². The van der Waals surface area contributed by atoms with Crippen molar-refractivity contribution in [1.29, 1.82) is 0 Å². The molecule has 0 radical (unpaired) electrons. The third-order valence-corrected chi connectivity index (χ3v) is 7.45. The van der Waals surface area contributed by atoms with Gasteiger partial charge in [0.25, 0.3) is 10.0 Å². The minimum Gasteiger partial charge on any atom is -0.495 e. The van der Waals surface area contributed by atoms with E-state index in [2.05, 4.69) is 15.4 Å². The van der Waals surface area contributed by atoms with Crippen LogP contribution in [0.15, 0.2) is 65.6 Å². The molecule has 0 fully saturated rings. The van der Waals surface area contributed by atoms with Gasteiger partial charge in [-0.15, -0.1) is 0 Å². The maximum atomic E-state index is 12.7. The molecule has 3 aromatic carbocycles. The number of rotatable bonds is 9. The molecule has 0 heterocycles. The van der Waals surface area contributed by atoms with Crippen LogP contribution in [0.4, 0.5) is 16.2 Å². The molecule has 0 aromatic heterocycles. The highest BCUT2D eigenvalue weighted by molar-refractivity contribution is 7.92. The lowest BCUT2D eigenvalue weighted by atomic mass is 10.1. The number of urea groups is 1. The molecule has 0 saturated carbocycles. The standard InChI is InChI=1S/C24H26Cl2N4O4S/c1-15(20-11-12-21(34-2)23(26)22(20)25)28-24(31)29-17-7-9-19(10-8-17)35(32,33)30-18-5-3-16(4-6-18)13-14-27/h3-12,15,30H,13-14,27H2,1-2H3,(H2,28,29,31). The van der Waals surface area contributed by atoms with E-state index in [0.717, 1.165) is 5.56 Å². The van der Waals surface area contributed by atoms with E-state index in [1.165, 1.54) is 31.4 Å². The zero-order chi connectivity index (χ0) is 25.6. The third-order valence-electron chi connectivity index (χ3n) is 5.17. The Morgan fingerprint density at radius 2 is 1.60 bits per heavy atom. The van der Waals surface area contributed by atoms with E-state index in [1.807, 2.05) is 12.1 Å². The summed E-state index contributed by atoms with van der Waals surface area (Å²) in [6.07, 6.45) is 0.717. The zero-order valence-electron chi connectivity index (χ0n) is 19.1. The number of nitrogens with one attached hydrogen (secondary N) is 3. The van der Waals surface area contributed by atoms with E-state index in [1.54, 1.807) is 31.2 Å². The van der Waals surface area contributed by atoms with E-state index < -0.39 is 22.1 Å². The number of carbonyl (C=O) groups is 1. The SMILES string of the molecule is COc1ccc(C(C)NC(=O)Nc2ccc(S(=O)(=O)Nc3ccc(CCN)cc3)cc2)c(Cl)c1Cl. The zero-order valence-corrected chi connectivity index (χ0v) is 21.5. The molecule has 35 heavy (non-hydrogen) atoms. The number of hydrogen-bond donors (Lipinski definition) is 4. The van der Waals surface area contributed by atoms with Gasteiger partial charge in [-0.25, -0.2) is 13.2 Å². The van der Waals surface area contributed by atoms with E-state index >= 15 is 0 Å². The Labute approximate surface area is 214 Å². The Morgan fingerprint density at radius 1 is 0.971 bits per heavy atom. The second-order valence-corrected chi connectivity index (χ2v) is 10.1. The highest BCUT2D eigenvalue weighted by Crippen LogP contribution is 2.37. The minimum atomic E-state index is -3.79. The number of hydrogen-bond acceptors (Lipinski definition) is 5. The first-order valence-corrected chi connectivity index (χ1v) is 12.9. The Hall–Kier alpha value is -2.98. The molecule has 0 aliphatic rings. The number of carbonyl (C=O) groups excluding carboxylic acids is 1. The fraction of sp³-hybridized carbons (Fsp3) is 0.208. The molecule has 0 bridgehead atoms. The lowest BCUT2D eigenvalue weighted by molar-refractivity contribution is 0.249. The predicted octanol–water partition coefficient (Wildman–Crippen LogP) is 5.19. The minimum absolute atomic E-state index is 0.0579. The van der Waals surface area contributed by atoms with Crippen molar-refractivity contribution in [2.45, 2.75) is 24.3 Å². The second-order valence-electron chi connectivity index (χ2n) is 7.67. The van der Waals surface area contributed by atoms with Crippen LogP contribution in [-0.2, 0) is 16.4 Å². The molecule has 0 saturated heterocycles. The van der Waals surface area contributed by atoms with Crippen molar-refractivity contribution in [3.05, 3.63) is 81.8 Å². The Morgan fingerprint density at radius 3 is 2.20 bits per heavy atom. The molecule has 1 atom stereocenters. The molecule has 0 aliphatic carbocycles. The summed E-state index contributed by atoms with van der Waals surface area (Å²) in [5.41, 5.74) is 8.04. The Balaban J connectivity index is 1.62. The fourth-order valence-corrected chi connectivity index (χ4v) is 4.95. The maximum absolute atomic E-state index is 12.7. The predicted molar refractivity (Wildman–Crippen MR) is 140 cm³/mol. The van der Waals surface area contributed by atoms with Gasteiger partial charge < -0.3 is 21.1 Å². The number of methoxy groups -OCH3 is 1. The normalized spacial score (nSPS) is 12.0. The molecule has 3 aromatic rings. The molecule has 5 N–H and O–H groups in total. The van der Waals surface area contributed by atoms with Crippen molar-refractivity contribution < 1.29 is 17.9 Å². The maximum Gasteiger partial charge on any atom is 0.319 e. The highest BCUT2D eigenvalue weighted by atomic mass is 35.5. The van der Waals surface area contributed by atoms with Crippen molar-refractivity contribution >= 4 is 50.6 Å². The smallest absolute Gasteiger partial charge is 0.319 e. The van der Waals surface area contributed by atoms with Crippen LogP contribution in [0.3, 0.4) is 0 Å². The van der Waals surface area contributed by atoms with Crippen LogP contribution in [0, 0.1) is 0 Å². The summed E-state index contributed by atoms with van der Waals surface area (Å²) < 4.78 is 33.0. The van der Waals surface area contributed by atoms with Crippen molar-refractivity contribution in [3.63, 3.8) is 0 Å². The number of anilines is 2. The topological polar surface area (TPSA) is 123 Å². The molecular formula is C24H26Cl2N4O4S. The first-order chi connectivity index (χ1) is 16.6. The first-order valence-electron chi connectivity index (χ1n) is 10.7. The quantitative estimate of drug-likeness (QED) is 0.299. The molecule has 2 amide bonds. The average Bonchev–Trinajstić information content (AvgIpc) is 2.82. The number of benzene rings is 3. The highest BCUT2D eigenvalue weighted by Gasteiger charge is 2.18. The van der Waals surface area contributed by atoms with Crippen LogP contribution >= 0.6 is 23.2 Å². The second kappa shape index (κ2) is 11.6. The van der Waals surface area contributed by atoms with E-state index in [4.69, 9.17) is 33.7 Å². The summed E-state index contributed by atoms with van der Waals surface area (Å²) in [5, 5.41) is 5.99.